The predicted octanol–water partition coefficient (Wildman–Crippen LogP) is 3.09. The maximum atomic E-state index is 12.2. The zero-order valence-electron chi connectivity index (χ0n) is 15.0. The second-order valence-corrected chi connectivity index (χ2v) is 6.41. The van der Waals surface area contributed by atoms with E-state index in [9.17, 15) is 9.59 Å². The Bertz CT molecular complexity index is 828. The number of carbonyl (C=O) groups excluding carboxylic acids is 2. The molecule has 0 saturated heterocycles. The molecule has 138 valence electrons. The largest absolute Gasteiger partial charge is 0.454 e. The van der Waals surface area contributed by atoms with Crippen molar-refractivity contribution in [2.24, 2.45) is 0 Å². The SMILES string of the molecule is CC(=O)c1cc2c(cc1NC(=O)CCCc1nc(C(C)C)no1)OCO2. The summed E-state index contributed by atoms with van der Waals surface area (Å²) in [5.41, 5.74) is 0.813. The van der Waals surface area contributed by atoms with Gasteiger partial charge in [0.25, 0.3) is 0 Å². The van der Waals surface area contributed by atoms with Crippen molar-refractivity contribution in [3.05, 3.63) is 29.4 Å². The number of hydrogen-bond donors (Lipinski definition) is 1. The van der Waals surface area contributed by atoms with Crippen LogP contribution in [0.2, 0.25) is 0 Å². The number of ketones is 1. The minimum Gasteiger partial charge on any atom is -0.454 e. The van der Waals surface area contributed by atoms with Crippen molar-refractivity contribution in [3.63, 3.8) is 0 Å². The van der Waals surface area contributed by atoms with Crippen LogP contribution < -0.4 is 14.8 Å². The Morgan fingerprint density at radius 1 is 1.23 bits per heavy atom. The third-order valence-electron chi connectivity index (χ3n) is 3.96. The molecule has 8 nitrogen and oxygen atoms in total. The van der Waals surface area contributed by atoms with Gasteiger partial charge in [0, 0.05) is 30.4 Å². The molecule has 0 aliphatic carbocycles. The van der Waals surface area contributed by atoms with E-state index in [2.05, 4.69) is 15.5 Å². The lowest BCUT2D eigenvalue weighted by Crippen LogP contribution is -2.14. The Labute approximate surface area is 150 Å². The molecule has 0 spiro atoms. The van der Waals surface area contributed by atoms with Crippen LogP contribution in [-0.4, -0.2) is 28.6 Å². The average Bonchev–Trinajstić information content (AvgIpc) is 3.22. The second-order valence-electron chi connectivity index (χ2n) is 6.41. The van der Waals surface area contributed by atoms with Crippen LogP contribution in [0.4, 0.5) is 5.69 Å². The highest BCUT2D eigenvalue weighted by molar-refractivity contribution is 6.04. The molecule has 1 aromatic carbocycles. The quantitative estimate of drug-likeness (QED) is 0.758. The number of Topliss-reactive ketones (excluding diaryl/α,β-unsaturated/α-hetero) is 1. The maximum Gasteiger partial charge on any atom is 0.231 e. The van der Waals surface area contributed by atoms with E-state index in [-0.39, 0.29) is 30.8 Å². The molecule has 1 aliphatic heterocycles. The zero-order chi connectivity index (χ0) is 18.7. The van der Waals surface area contributed by atoms with Gasteiger partial charge in [0.1, 0.15) is 0 Å². The standard InChI is InChI=1S/C18H21N3O5/c1-10(2)18-20-17(26-21-18)6-4-5-16(23)19-13-8-15-14(24-9-25-15)7-12(13)11(3)22/h7-8,10H,4-6,9H2,1-3H3,(H,19,23). The summed E-state index contributed by atoms with van der Waals surface area (Å²) in [6.07, 6.45) is 1.35. The minimum absolute atomic E-state index is 0.104. The van der Waals surface area contributed by atoms with Gasteiger partial charge in [-0.1, -0.05) is 19.0 Å². The van der Waals surface area contributed by atoms with Gasteiger partial charge in [-0.2, -0.15) is 4.98 Å². The Kier molecular flexibility index (Phi) is 5.20. The first-order valence-electron chi connectivity index (χ1n) is 8.51. The van der Waals surface area contributed by atoms with Gasteiger partial charge >= 0.3 is 0 Å². The van der Waals surface area contributed by atoms with Crippen molar-refractivity contribution in [1.82, 2.24) is 10.1 Å². The fraction of sp³-hybridized carbons (Fsp3) is 0.444. The highest BCUT2D eigenvalue weighted by Gasteiger charge is 2.20. The van der Waals surface area contributed by atoms with Gasteiger partial charge in [-0.3, -0.25) is 9.59 Å². The number of aryl methyl sites for hydroxylation is 1. The summed E-state index contributed by atoms with van der Waals surface area (Å²) < 4.78 is 15.7. The van der Waals surface area contributed by atoms with E-state index in [0.29, 0.717) is 47.3 Å². The molecule has 2 heterocycles. The third-order valence-corrected chi connectivity index (χ3v) is 3.96. The minimum atomic E-state index is -0.199. The van der Waals surface area contributed by atoms with Crippen LogP contribution in [0, 0.1) is 0 Å². The van der Waals surface area contributed by atoms with Gasteiger partial charge in [0.2, 0.25) is 18.6 Å². The Hall–Kier alpha value is -2.90. The summed E-state index contributed by atoms with van der Waals surface area (Å²) in [6, 6.07) is 3.20. The third kappa shape index (κ3) is 4.01. The van der Waals surface area contributed by atoms with E-state index >= 15 is 0 Å². The summed E-state index contributed by atoms with van der Waals surface area (Å²) in [4.78, 5) is 28.3. The summed E-state index contributed by atoms with van der Waals surface area (Å²) in [5, 5.41) is 6.66. The average molecular weight is 359 g/mol. The molecule has 1 amide bonds. The van der Waals surface area contributed by atoms with Crippen molar-refractivity contribution in [2.45, 2.75) is 46.0 Å². The number of rotatable bonds is 7. The Morgan fingerprint density at radius 3 is 2.62 bits per heavy atom. The number of carbonyl (C=O) groups is 2. The highest BCUT2D eigenvalue weighted by atomic mass is 16.7. The molecule has 0 bridgehead atoms. The van der Waals surface area contributed by atoms with Gasteiger partial charge in [-0.05, 0) is 19.4 Å². The van der Waals surface area contributed by atoms with Crippen LogP contribution in [0.25, 0.3) is 0 Å². The molecule has 0 atom stereocenters. The number of fused-ring (bicyclic) bond motifs is 1. The first kappa shape index (κ1) is 17.9. The lowest BCUT2D eigenvalue weighted by atomic mass is 10.1. The molecule has 3 rings (SSSR count). The summed E-state index contributed by atoms with van der Waals surface area (Å²) in [6.45, 7) is 5.52. The fourth-order valence-electron chi connectivity index (χ4n) is 2.55. The fourth-order valence-corrected chi connectivity index (χ4v) is 2.55. The van der Waals surface area contributed by atoms with Crippen molar-refractivity contribution in [1.29, 1.82) is 0 Å². The second kappa shape index (κ2) is 7.55. The predicted molar refractivity (Wildman–Crippen MR) is 92.5 cm³/mol. The highest BCUT2D eigenvalue weighted by Crippen LogP contribution is 2.37. The van der Waals surface area contributed by atoms with E-state index in [4.69, 9.17) is 14.0 Å². The topological polar surface area (TPSA) is 104 Å². The molecule has 1 N–H and O–H groups in total. The van der Waals surface area contributed by atoms with Gasteiger partial charge < -0.3 is 19.3 Å². The number of ether oxygens (including phenoxy) is 2. The van der Waals surface area contributed by atoms with Gasteiger partial charge in [0.15, 0.2) is 23.1 Å². The number of amides is 1. The van der Waals surface area contributed by atoms with Crippen LogP contribution in [0.5, 0.6) is 11.5 Å². The normalized spacial score (nSPS) is 12.5. The van der Waals surface area contributed by atoms with Crippen LogP contribution in [0.15, 0.2) is 16.7 Å². The summed E-state index contributed by atoms with van der Waals surface area (Å²) >= 11 is 0. The first-order valence-corrected chi connectivity index (χ1v) is 8.51. The van der Waals surface area contributed by atoms with Crippen molar-refractivity contribution < 1.29 is 23.6 Å². The Morgan fingerprint density at radius 2 is 1.96 bits per heavy atom. The zero-order valence-corrected chi connectivity index (χ0v) is 15.0. The lowest BCUT2D eigenvalue weighted by molar-refractivity contribution is -0.116. The van der Waals surface area contributed by atoms with Crippen LogP contribution in [0.1, 0.15) is 61.6 Å². The van der Waals surface area contributed by atoms with E-state index in [1.54, 1.807) is 12.1 Å². The number of aromatic nitrogens is 2. The summed E-state index contributed by atoms with van der Waals surface area (Å²) in [7, 11) is 0. The van der Waals surface area contributed by atoms with Crippen LogP contribution in [0.3, 0.4) is 0 Å². The summed E-state index contributed by atoms with van der Waals surface area (Å²) in [5.74, 6) is 2.04. The van der Waals surface area contributed by atoms with E-state index in [1.165, 1.54) is 6.92 Å². The maximum absolute atomic E-state index is 12.2. The van der Waals surface area contributed by atoms with Crippen molar-refractivity contribution in [2.75, 3.05) is 12.1 Å². The number of benzene rings is 1. The molecular weight excluding hydrogens is 338 g/mol. The first-order chi connectivity index (χ1) is 12.4. The van der Waals surface area contributed by atoms with Crippen molar-refractivity contribution >= 4 is 17.4 Å². The molecule has 0 saturated carbocycles. The molecule has 1 aromatic heterocycles. The monoisotopic (exact) mass is 359 g/mol. The van der Waals surface area contributed by atoms with E-state index < -0.39 is 0 Å². The van der Waals surface area contributed by atoms with Gasteiger partial charge in [0.05, 0.1) is 5.69 Å². The van der Waals surface area contributed by atoms with E-state index in [0.717, 1.165) is 0 Å². The van der Waals surface area contributed by atoms with Gasteiger partial charge in [-0.15, -0.1) is 0 Å². The molecule has 26 heavy (non-hydrogen) atoms. The molecule has 0 unspecified atom stereocenters. The number of hydrogen-bond acceptors (Lipinski definition) is 7. The lowest BCUT2D eigenvalue weighted by Gasteiger charge is -2.10. The van der Waals surface area contributed by atoms with E-state index in [1.807, 2.05) is 13.8 Å². The Balaban J connectivity index is 1.58. The molecule has 1 aliphatic rings. The number of nitrogens with zero attached hydrogens (tertiary/aromatic N) is 2. The molecule has 0 fully saturated rings. The van der Waals surface area contributed by atoms with Gasteiger partial charge in [-0.25, -0.2) is 0 Å². The van der Waals surface area contributed by atoms with Crippen LogP contribution >= 0.6 is 0 Å². The number of nitrogens with one attached hydrogen (secondary N) is 1. The molecule has 2 aromatic rings. The van der Waals surface area contributed by atoms with Crippen LogP contribution in [-0.2, 0) is 11.2 Å². The number of anilines is 1. The smallest absolute Gasteiger partial charge is 0.231 e. The molecule has 0 radical (unpaired) electrons. The molecular formula is C18H21N3O5. The molecule has 8 heteroatoms. The van der Waals surface area contributed by atoms with Crippen molar-refractivity contribution in [3.8, 4) is 11.5 Å².